The third-order valence-corrected chi connectivity index (χ3v) is 5.22. The molecule has 2 unspecified atom stereocenters. The van der Waals surface area contributed by atoms with E-state index < -0.39 is 5.97 Å². The van der Waals surface area contributed by atoms with E-state index in [9.17, 15) is 9.59 Å². The summed E-state index contributed by atoms with van der Waals surface area (Å²) in [6.07, 6.45) is 5.25. The molecule has 0 saturated heterocycles. The van der Waals surface area contributed by atoms with Crippen LogP contribution in [-0.4, -0.2) is 36.7 Å². The lowest BCUT2D eigenvalue weighted by molar-refractivity contribution is -0.150. The van der Waals surface area contributed by atoms with Gasteiger partial charge in [-0.05, 0) is 38.7 Å². The van der Waals surface area contributed by atoms with Crippen molar-refractivity contribution < 1.29 is 23.8 Å². The SMILES string of the molecule is CC1CCCCC1NC(=O)COC(=O)COc1cccc2c1OC(C)(C)C2. The van der Waals surface area contributed by atoms with Crippen LogP contribution in [0, 0.1) is 5.92 Å². The minimum absolute atomic E-state index is 0.175. The number of carbonyl (C=O) groups is 2. The van der Waals surface area contributed by atoms with Gasteiger partial charge in [-0.1, -0.05) is 31.9 Å². The third kappa shape index (κ3) is 5.15. The van der Waals surface area contributed by atoms with E-state index in [2.05, 4.69) is 12.2 Å². The number of para-hydroxylation sites is 1. The molecule has 1 fully saturated rings. The lowest BCUT2D eigenvalue weighted by Crippen LogP contribution is -2.43. The predicted octanol–water partition coefficient (Wildman–Crippen LogP) is 3.02. The van der Waals surface area contributed by atoms with Crippen LogP contribution in [0.1, 0.15) is 52.0 Å². The van der Waals surface area contributed by atoms with Crippen LogP contribution in [0.5, 0.6) is 11.5 Å². The highest BCUT2D eigenvalue weighted by atomic mass is 16.6. The lowest BCUT2D eigenvalue weighted by atomic mass is 9.86. The second-order valence-corrected chi connectivity index (χ2v) is 8.17. The molecule has 1 aromatic carbocycles. The summed E-state index contributed by atoms with van der Waals surface area (Å²) in [4.78, 5) is 23.9. The van der Waals surface area contributed by atoms with Crippen LogP contribution in [-0.2, 0) is 20.7 Å². The van der Waals surface area contributed by atoms with Crippen LogP contribution in [0.25, 0.3) is 0 Å². The smallest absolute Gasteiger partial charge is 0.344 e. The summed E-state index contributed by atoms with van der Waals surface area (Å²) in [5.74, 6) is 0.838. The van der Waals surface area contributed by atoms with E-state index in [-0.39, 0.29) is 30.8 Å². The molecule has 3 rings (SSSR count). The Bertz CT molecular complexity index is 700. The molecule has 6 heteroatoms. The maximum absolute atomic E-state index is 12.0. The van der Waals surface area contributed by atoms with Crippen molar-refractivity contribution in [2.45, 2.75) is 64.5 Å². The Morgan fingerprint density at radius 3 is 2.78 bits per heavy atom. The molecule has 1 heterocycles. The third-order valence-electron chi connectivity index (χ3n) is 5.22. The van der Waals surface area contributed by atoms with Crippen molar-refractivity contribution in [3.8, 4) is 11.5 Å². The van der Waals surface area contributed by atoms with Gasteiger partial charge in [0, 0.05) is 18.0 Å². The van der Waals surface area contributed by atoms with Gasteiger partial charge in [-0.2, -0.15) is 0 Å². The standard InChI is InChI=1S/C21H29NO5/c1-14-7-4-5-9-16(14)22-18(23)12-26-19(24)13-25-17-10-6-8-15-11-21(2,3)27-20(15)17/h6,8,10,14,16H,4-5,7,9,11-13H2,1-3H3,(H,22,23). The molecule has 0 spiro atoms. The average Bonchev–Trinajstić information content (AvgIpc) is 2.94. The van der Waals surface area contributed by atoms with Crippen LogP contribution < -0.4 is 14.8 Å². The van der Waals surface area contributed by atoms with Gasteiger partial charge in [0.1, 0.15) is 5.60 Å². The van der Waals surface area contributed by atoms with E-state index in [1.54, 1.807) is 6.07 Å². The zero-order valence-electron chi connectivity index (χ0n) is 16.4. The quantitative estimate of drug-likeness (QED) is 0.774. The Hall–Kier alpha value is -2.24. The van der Waals surface area contributed by atoms with Crippen molar-refractivity contribution in [3.05, 3.63) is 23.8 Å². The van der Waals surface area contributed by atoms with Crippen molar-refractivity contribution in [2.24, 2.45) is 5.92 Å². The van der Waals surface area contributed by atoms with Gasteiger partial charge >= 0.3 is 5.97 Å². The summed E-state index contributed by atoms with van der Waals surface area (Å²) in [6, 6.07) is 5.81. The van der Waals surface area contributed by atoms with Crippen molar-refractivity contribution in [3.63, 3.8) is 0 Å². The molecular weight excluding hydrogens is 346 g/mol. The Morgan fingerprint density at radius 2 is 2.00 bits per heavy atom. The largest absolute Gasteiger partial charge is 0.483 e. The van der Waals surface area contributed by atoms with Gasteiger partial charge in [-0.25, -0.2) is 4.79 Å². The first kappa shape index (κ1) is 19.5. The Balaban J connectivity index is 1.43. The van der Waals surface area contributed by atoms with Gasteiger partial charge in [0.2, 0.25) is 0 Å². The van der Waals surface area contributed by atoms with Gasteiger partial charge in [-0.3, -0.25) is 4.79 Å². The number of hydrogen-bond acceptors (Lipinski definition) is 5. The normalized spacial score (nSPS) is 23.1. The highest BCUT2D eigenvalue weighted by Crippen LogP contribution is 2.41. The van der Waals surface area contributed by atoms with Crippen molar-refractivity contribution in [1.29, 1.82) is 0 Å². The molecule has 0 radical (unpaired) electrons. The molecule has 1 aliphatic heterocycles. The molecule has 6 nitrogen and oxygen atoms in total. The van der Waals surface area contributed by atoms with Gasteiger partial charge < -0.3 is 19.5 Å². The number of benzene rings is 1. The molecule has 0 aromatic heterocycles. The topological polar surface area (TPSA) is 73.9 Å². The summed E-state index contributed by atoms with van der Waals surface area (Å²) in [6.45, 7) is 5.63. The molecule has 0 bridgehead atoms. The predicted molar refractivity (Wildman–Crippen MR) is 101 cm³/mol. The number of esters is 1. The van der Waals surface area contributed by atoms with Crippen LogP contribution in [0.4, 0.5) is 0 Å². The maximum Gasteiger partial charge on any atom is 0.344 e. The van der Waals surface area contributed by atoms with Crippen LogP contribution >= 0.6 is 0 Å². The zero-order chi connectivity index (χ0) is 19.4. The Kier molecular flexibility index (Phi) is 5.92. The summed E-state index contributed by atoms with van der Waals surface area (Å²) in [5, 5.41) is 2.96. The van der Waals surface area contributed by atoms with Crippen LogP contribution in [0.15, 0.2) is 18.2 Å². The van der Waals surface area contributed by atoms with Gasteiger partial charge in [0.25, 0.3) is 5.91 Å². The Morgan fingerprint density at radius 1 is 1.22 bits per heavy atom. The molecule has 2 aliphatic rings. The van der Waals surface area contributed by atoms with Gasteiger partial charge in [-0.15, -0.1) is 0 Å². The highest BCUT2D eigenvalue weighted by Gasteiger charge is 2.32. The average molecular weight is 375 g/mol. The molecule has 1 saturated carbocycles. The van der Waals surface area contributed by atoms with Gasteiger partial charge in [0.05, 0.1) is 0 Å². The van der Waals surface area contributed by atoms with Crippen molar-refractivity contribution in [1.82, 2.24) is 5.32 Å². The molecule has 1 amide bonds. The van der Waals surface area contributed by atoms with Crippen LogP contribution in [0.2, 0.25) is 0 Å². The lowest BCUT2D eigenvalue weighted by Gasteiger charge is -2.29. The molecule has 1 aliphatic carbocycles. The van der Waals surface area contributed by atoms with E-state index >= 15 is 0 Å². The highest BCUT2D eigenvalue weighted by molar-refractivity contribution is 5.81. The molecule has 148 valence electrons. The van der Waals surface area contributed by atoms with Crippen LogP contribution in [0.3, 0.4) is 0 Å². The first-order chi connectivity index (χ1) is 12.8. The zero-order valence-corrected chi connectivity index (χ0v) is 16.4. The molecule has 1 N–H and O–H groups in total. The van der Waals surface area contributed by atoms with E-state index in [1.807, 2.05) is 26.0 Å². The molecule has 2 atom stereocenters. The minimum atomic E-state index is -0.572. The first-order valence-corrected chi connectivity index (χ1v) is 9.73. The summed E-state index contributed by atoms with van der Waals surface area (Å²) < 4.78 is 16.5. The number of amides is 1. The summed E-state index contributed by atoms with van der Waals surface area (Å²) >= 11 is 0. The van der Waals surface area contributed by atoms with Gasteiger partial charge in [0.15, 0.2) is 24.7 Å². The summed E-state index contributed by atoms with van der Waals surface area (Å²) in [5.41, 5.74) is 0.781. The fraction of sp³-hybridized carbons (Fsp3) is 0.619. The minimum Gasteiger partial charge on any atom is -0.483 e. The van der Waals surface area contributed by atoms with E-state index in [0.29, 0.717) is 17.4 Å². The number of rotatable bonds is 6. The fourth-order valence-electron chi connectivity index (χ4n) is 3.80. The van der Waals surface area contributed by atoms with Crippen molar-refractivity contribution >= 4 is 11.9 Å². The summed E-state index contributed by atoms with van der Waals surface area (Å²) in [7, 11) is 0. The number of ether oxygens (including phenoxy) is 3. The van der Waals surface area contributed by atoms with E-state index in [0.717, 1.165) is 31.2 Å². The second-order valence-electron chi connectivity index (χ2n) is 8.17. The number of carbonyl (C=O) groups excluding carboxylic acids is 2. The number of hydrogen-bond donors (Lipinski definition) is 1. The Labute approximate surface area is 160 Å². The second kappa shape index (κ2) is 8.19. The number of fused-ring (bicyclic) bond motifs is 1. The fourth-order valence-corrected chi connectivity index (χ4v) is 3.80. The molecule has 1 aromatic rings. The molecule has 27 heavy (non-hydrogen) atoms. The van der Waals surface area contributed by atoms with E-state index in [1.165, 1.54) is 6.42 Å². The van der Waals surface area contributed by atoms with E-state index in [4.69, 9.17) is 14.2 Å². The number of nitrogens with one attached hydrogen (secondary N) is 1. The van der Waals surface area contributed by atoms with Crippen molar-refractivity contribution in [2.75, 3.05) is 13.2 Å². The first-order valence-electron chi connectivity index (χ1n) is 9.73. The molecular formula is C21H29NO5. The monoisotopic (exact) mass is 375 g/mol. The maximum atomic E-state index is 12.0.